The molecule has 38 heavy (non-hydrogen) atoms. The Labute approximate surface area is 225 Å². The van der Waals surface area contributed by atoms with Crippen LogP contribution in [0.15, 0.2) is 54.6 Å². The number of benzene rings is 2. The second kappa shape index (κ2) is 11.5. The molecule has 7 nitrogen and oxygen atoms in total. The van der Waals surface area contributed by atoms with Gasteiger partial charge in [0.1, 0.15) is 5.82 Å². The van der Waals surface area contributed by atoms with Crippen LogP contribution >= 0.6 is 0 Å². The number of carbonyl (C=O) groups excluding carboxylic acids is 1. The number of anilines is 1. The Kier molecular flexibility index (Phi) is 7.86. The molecule has 0 amide bonds. The molecule has 0 saturated heterocycles. The highest BCUT2D eigenvalue weighted by molar-refractivity contribution is 6.07. The third kappa shape index (κ3) is 5.64. The van der Waals surface area contributed by atoms with Crippen LogP contribution in [0, 0.1) is 6.92 Å². The first kappa shape index (κ1) is 26.1. The van der Waals surface area contributed by atoms with Crippen LogP contribution in [0.5, 0.6) is 0 Å². The summed E-state index contributed by atoms with van der Waals surface area (Å²) in [4.78, 5) is 27.3. The Bertz CT molecular complexity index is 1430. The second-order valence-electron chi connectivity index (χ2n) is 10.6. The normalized spacial score (nSPS) is 13.7. The fraction of sp³-hybridized carbons (Fsp3) is 0.387. The van der Waals surface area contributed by atoms with Crippen LogP contribution in [0.1, 0.15) is 52.6 Å². The molecule has 0 radical (unpaired) electrons. The molecule has 198 valence electrons. The minimum Gasteiger partial charge on any atom is -0.366 e. The zero-order chi connectivity index (χ0) is 26.6. The molecule has 1 N–H and O–H groups in total. The highest BCUT2D eigenvalue weighted by Gasteiger charge is 2.24. The zero-order valence-corrected chi connectivity index (χ0v) is 23.0. The van der Waals surface area contributed by atoms with Crippen molar-refractivity contribution < 1.29 is 4.79 Å². The van der Waals surface area contributed by atoms with Crippen molar-refractivity contribution in [1.29, 1.82) is 0 Å². The molecule has 1 aliphatic heterocycles. The minimum absolute atomic E-state index is 0.0648. The van der Waals surface area contributed by atoms with E-state index in [1.165, 1.54) is 24.0 Å². The molecular formula is C31H38N6O. The molecule has 2 aromatic heterocycles. The van der Waals surface area contributed by atoms with E-state index in [1.807, 2.05) is 24.3 Å². The number of aryl methyl sites for hydroxylation is 1. The van der Waals surface area contributed by atoms with Gasteiger partial charge < -0.3 is 10.2 Å². The average molecular weight is 511 g/mol. The zero-order valence-electron chi connectivity index (χ0n) is 23.0. The van der Waals surface area contributed by atoms with Gasteiger partial charge in [-0.2, -0.15) is 4.98 Å². The summed E-state index contributed by atoms with van der Waals surface area (Å²) in [6, 6.07) is 18.4. The van der Waals surface area contributed by atoms with Gasteiger partial charge in [0.2, 0.25) is 5.95 Å². The molecule has 0 atom stereocenters. The molecule has 0 aliphatic carbocycles. The molecule has 0 unspecified atom stereocenters. The maximum atomic E-state index is 12.3. The average Bonchev–Trinajstić information content (AvgIpc) is 3.25. The van der Waals surface area contributed by atoms with Crippen molar-refractivity contribution in [1.82, 2.24) is 24.3 Å². The van der Waals surface area contributed by atoms with E-state index in [1.54, 1.807) is 6.92 Å². The predicted octanol–water partition coefficient (Wildman–Crippen LogP) is 5.24. The Hall–Kier alpha value is -3.55. The lowest BCUT2D eigenvalue weighted by molar-refractivity contribution is 0.101. The predicted molar refractivity (Wildman–Crippen MR) is 154 cm³/mol. The Morgan fingerprint density at radius 1 is 1.05 bits per heavy atom. The van der Waals surface area contributed by atoms with Crippen molar-refractivity contribution in [3.63, 3.8) is 0 Å². The molecule has 7 heteroatoms. The van der Waals surface area contributed by atoms with E-state index in [0.29, 0.717) is 12.5 Å². The second-order valence-corrected chi connectivity index (χ2v) is 10.6. The lowest BCUT2D eigenvalue weighted by Gasteiger charge is -2.30. The summed E-state index contributed by atoms with van der Waals surface area (Å²) in [5.41, 5.74) is 6.23. The van der Waals surface area contributed by atoms with Crippen molar-refractivity contribution in [2.45, 2.75) is 46.2 Å². The molecule has 5 rings (SSSR count). The molecule has 3 heterocycles. The van der Waals surface area contributed by atoms with Gasteiger partial charge in [-0.05, 0) is 71.6 Å². The molecule has 0 fully saturated rings. The van der Waals surface area contributed by atoms with Crippen LogP contribution in [0.2, 0.25) is 0 Å². The quantitative estimate of drug-likeness (QED) is 0.232. The lowest BCUT2D eigenvalue weighted by Crippen LogP contribution is -2.33. The standard InChI is InChI=1S/C31H38N6O/c1-22-19-26-25(23(2)38)13-10-14-29(26)37(22)31-33-28-15-18-36(17-9-8-16-35(3)4)21-27(28)30(34-31)32-20-24-11-6-5-7-12-24/h5-7,10-14,19H,8-9,15-18,20-21H2,1-4H3,(H,32,33,34). The molecule has 0 spiro atoms. The number of hydrogen-bond donors (Lipinski definition) is 1. The maximum Gasteiger partial charge on any atom is 0.236 e. The summed E-state index contributed by atoms with van der Waals surface area (Å²) in [5, 5.41) is 4.59. The van der Waals surface area contributed by atoms with Gasteiger partial charge in [-0.3, -0.25) is 14.3 Å². The Morgan fingerprint density at radius 2 is 1.87 bits per heavy atom. The highest BCUT2D eigenvalue weighted by Crippen LogP contribution is 2.30. The van der Waals surface area contributed by atoms with E-state index in [-0.39, 0.29) is 5.78 Å². The number of unbranched alkanes of at least 4 members (excludes halogenated alkanes) is 1. The lowest BCUT2D eigenvalue weighted by atomic mass is 10.1. The smallest absolute Gasteiger partial charge is 0.236 e. The Morgan fingerprint density at radius 3 is 2.63 bits per heavy atom. The summed E-state index contributed by atoms with van der Waals surface area (Å²) in [6.07, 6.45) is 3.29. The van der Waals surface area contributed by atoms with Crippen molar-refractivity contribution in [3.8, 4) is 5.95 Å². The number of fused-ring (bicyclic) bond motifs is 2. The Balaban J connectivity index is 1.50. The van der Waals surface area contributed by atoms with Gasteiger partial charge >= 0.3 is 0 Å². The number of nitrogens with zero attached hydrogens (tertiary/aromatic N) is 5. The van der Waals surface area contributed by atoms with Crippen LogP contribution < -0.4 is 5.32 Å². The van der Waals surface area contributed by atoms with Crippen LogP contribution in [-0.2, 0) is 19.5 Å². The molecule has 0 saturated carbocycles. The summed E-state index contributed by atoms with van der Waals surface area (Å²) in [5.74, 6) is 1.62. The van der Waals surface area contributed by atoms with Gasteiger partial charge in [0.15, 0.2) is 5.78 Å². The monoisotopic (exact) mass is 510 g/mol. The number of nitrogens with one attached hydrogen (secondary N) is 1. The van der Waals surface area contributed by atoms with Crippen molar-refractivity contribution in [3.05, 3.63) is 82.7 Å². The van der Waals surface area contributed by atoms with E-state index >= 15 is 0 Å². The summed E-state index contributed by atoms with van der Waals surface area (Å²) in [7, 11) is 4.26. The fourth-order valence-corrected chi connectivity index (χ4v) is 5.37. The molecule has 0 bridgehead atoms. The van der Waals surface area contributed by atoms with E-state index in [9.17, 15) is 4.79 Å². The SMILES string of the molecule is CC(=O)c1cccc2c1cc(C)n2-c1nc2c(c(NCc3ccccc3)n1)CN(CCCCN(C)C)CC2. The molecule has 1 aliphatic rings. The first-order chi connectivity index (χ1) is 18.4. The van der Waals surface area contributed by atoms with E-state index in [4.69, 9.17) is 9.97 Å². The van der Waals surface area contributed by atoms with Gasteiger partial charge in [0.05, 0.1) is 11.2 Å². The first-order valence-electron chi connectivity index (χ1n) is 13.6. The number of Topliss-reactive ketones (excluding diaryl/α,β-unsaturated/α-hetero) is 1. The largest absolute Gasteiger partial charge is 0.366 e. The number of hydrogen-bond acceptors (Lipinski definition) is 6. The molecule has 2 aromatic carbocycles. The van der Waals surface area contributed by atoms with Crippen LogP contribution in [0.25, 0.3) is 16.9 Å². The van der Waals surface area contributed by atoms with Gasteiger partial charge in [-0.15, -0.1) is 0 Å². The van der Waals surface area contributed by atoms with Gasteiger partial charge in [0.25, 0.3) is 0 Å². The number of aromatic nitrogens is 3. The molecular weight excluding hydrogens is 472 g/mol. The van der Waals surface area contributed by atoms with Crippen molar-refractivity contribution >= 4 is 22.5 Å². The van der Waals surface area contributed by atoms with Crippen LogP contribution in [0.3, 0.4) is 0 Å². The maximum absolute atomic E-state index is 12.3. The van der Waals surface area contributed by atoms with Crippen molar-refractivity contribution in [2.75, 3.05) is 39.0 Å². The van der Waals surface area contributed by atoms with E-state index in [2.05, 4.69) is 71.0 Å². The number of ketones is 1. The topological polar surface area (TPSA) is 66.3 Å². The third-order valence-electron chi connectivity index (χ3n) is 7.37. The summed E-state index contributed by atoms with van der Waals surface area (Å²) >= 11 is 0. The highest BCUT2D eigenvalue weighted by atomic mass is 16.1. The van der Waals surface area contributed by atoms with Gasteiger partial charge in [-0.25, -0.2) is 4.98 Å². The number of carbonyl (C=O) groups is 1. The summed E-state index contributed by atoms with van der Waals surface area (Å²) < 4.78 is 2.09. The number of rotatable bonds is 10. The van der Waals surface area contributed by atoms with Crippen LogP contribution in [0.4, 0.5) is 5.82 Å². The first-order valence-corrected chi connectivity index (χ1v) is 13.6. The summed E-state index contributed by atoms with van der Waals surface area (Å²) in [6.45, 7) is 8.44. The van der Waals surface area contributed by atoms with Gasteiger partial charge in [0, 0.05) is 48.3 Å². The van der Waals surface area contributed by atoms with Crippen LogP contribution in [-0.4, -0.2) is 63.8 Å². The minimum atomic E-state index is 0.0648. The molecule has 4 aromatic rings. The van der Waals surface area contributed by atoms with Gasteiger partial charge in [-0.1, -0.05) is 42.5 Å². The van der Waals surface area contributed by atoms with Crippen molar-refractivity contribution in [2.24, 2.45) is 0 Å². The third-order valence-corrected chi connectivity index (χ3v) is 7.37. The van der Waals surface area contributed by atoms with E-state index < -0.39 is 0 Å². The van der Waals surface area contributed by atoms with E-state index in [0.717, 1.165) is 66.3 Å². The fourth-order valence-electron chi connectivity index (χ4n) is 5.37.